The molecular weight excluding hydrogens is 335 g/mol. The molecule has 0 saturated heterocycles. The van der Waals surface area contributed by atoms with Crippen molar-refractivity contribution in [1.29, 1.82) is 0 Å². The summed E-state index contributed by atoms with van der Waals surface area (Å²) in [6.07, 6.45) is 3.14. The quantitative estimate of drug-likeness (QED) is 0.926. The van der Waals surface area contributed by atoms with Crippen LogP contribution in [0.5, 0.6) is 0 Å². The Kier molecular flexibility index (Phi) is 4.28. The lowest BCUT2D eigenvalue weighted by Crippen LogP contribution is -2.23. The Labute approximate surface area is 118 Å². The van der Waals surface area contributed by atoms with Gasteiger partial charge in [-0.15, -0.1) is 0 Å². The molecule has 19 heavy (non-hydrogen) atoms. The molecule has 0 radical (unpaired) electrons. The average Bonchev–Trinajstić information content (AvgIpc) is 2.40. The summed E-state index contributed by atoms with van der Waals surface area (Å²) in [6, 6.07) is 6.91. The standard InChI is InChI=1S/C12H10BrFN2O2S/c13-11-2-1-10(14)7-12(11)19(17,18)16-8-9-3-5-15-6-4-9/h1-7,16H,8H2. The molecule has 2 aromatic rings. The van der Waals surface area contributed by atoms with Gasteiger partial charge in [0.25, 0.3) is 0 Å². The summed E-state index contributed by atoms with van der Waals surface area (Å²) in [6.45, 7) is 0.119. The van der Waals surface area contributed by atoms with Crippen molar-refractivity contribution in [3.63, 3.8) is 0 Å². The number of nitrogens with zero attached hydrogens (tertiary/aromatic N) is 1. The number of hydrogen-bond acceptors (Lipinski definition) is 3. The van der Waals surface area contributed by atoms with Gasteiger partial charge in [0.1, 0.15) is 5.82 Å². The maximum atomic E-state index is 13.1. The van der Waals surface area contributed by atoms with E-state index >= 15 is 0 Å². The lowest BCUT2D eigenvalue weighted by Gasteiger charge is -2.08. The molecule has 4 nitrogen and oxygen atoms in total. The number of sulfonamides is 1. The number of rotatable bonds is 4. The highest BCUT2D eigenvalue weighted by Crippen LogP contribution is 2.22. The van der Waals surface area contributed by atoms with Gasteiger partial charge < -0.3 is 0 Å². The molecule has 0 spiro atoms. The summed E-state index contributed by atoms with van der Waals surface area (Å²) < 4.78 is 40.0. The van der Waals surface area contributed by atoms with Crippen LogP contribution in [0.15, 0.2) is 52.1 Å². The van der Waals surface area contributed by atoms with Crippen molar-refractivity contribution < 1.29 is 12.8 Å². The highest BCUT2D eigenvalue weighted by molar-refractivity contribution is 9.10. The average molecular weight is 345 g/mol. The van der Waals surface area contributed by atoms with Crippen LogP contribution in [0.3, 0.4) is 0 Å². The van der Waals surface area contributed by atoms with Gasteiger partial charge in [0, 0.05) is 23.4 Å². The lowest BCUT2D eigenvalue weighted by atomic mass is 10.3. The molecule has 0 aliphatic heterocycles. The molecule has 0 aliphatic carbocycles. The highest BCUT2D eigenvalue weighted by Gasteiger charge is 2.18. The second-order valence-electron chi connectivity index (χ2n) is 3.75. The number of halogens is 2. The lowest BCUT2D eigenvalue weighted by molar-refractivity contribution is 0.576. The molecule has 0 saturated carbocycles. The Morgan fingerprint density at radius 3 is 2.58 bits per heavy atom. The first-order valence-corrected chi connectivity index (χ1v) is 7.60. The smallest absolute Gasteiger partial charge is 0.242 e. The number of pyridine rings is 1. The molecular formula is C12H10BrFN2O2S. The van der Waals surface area contributed by atoms with E-state index < -0.39 is 15.8 Å². The van der Waals surface area contributed by atoms with E-state index in [1.54, 1.807) is 24.5 Å². The molecule has 2 rings (SSSR count). The van der Waals surface area contributed by atoms with Gasteiger partial charge >= 0.3 is 0 Å². The fourth-order valence-corrected chi connectivity index (χ4v) is 3.43. The zero-order chi connectivity index (χ0) is 13.9. The third-order valence-corrected chi connectivity index (χ3v) is 4.79. The van der Waals surface area contributed by atoms with E-state index in [1.165, 1.54) is 12.1 Å². The van der Waals surface area contributed by atoms with E-state index in [9.17, 15) is 12.8 Å². The van der Waals surface area contributed by atoms with Gasteiger partial charge in [-0.05, 0) is 51.8 Å². The summed E-state index contributed by atoms with van der Waals surface area (Å²) in [4.78, 5) is 3.72. The minimum Gasteiger partial charge on any atom is -0.265 e. The fourth-order valence-electron chi connectivity index (χ4n) is 1.44. The number of nitrogens with one attached hydrogen (secondary N) is 1. The maximum absolute atomic E-state index is 13.1. The largest absolute Gasteiger partial charge is 0.265 e. The zero-order valence-electron chi connectivity index (χ0n) is 9.68. The van der Waals surface area contributed by atoms with Crippen LogP contribution >= 0.6 is 15.9 Å². The van der Waals surface area contributed by atoms with Crippen LogP contribution in [0, 0.1) is 5.82 Å². The van der Waals surface area contributed by atoms with Gasteiger partial charge in [-0.2, -0.15) is 0 Å². The van der Waals surface area contributed by atoms with E-state index in [0.29, 0.717) is 4.47 Å². The number of benzene rings is 1. The molecule has 1 aromatic heterocycles. The molecule has 0 amide bonds. The predicted octanol–water partition coefficient (Wildman–Crippen LogP) is 2.46. The van der Waals surface area contributed by atoms with E-state index in [0.717, 1.165) is 11.6 Å². The molecule has 1 N–H and O–H groups in total. The first-order valence-electron chi connectivity index (χ1n) is 5.33. The normalized spacial score (nSPS) is 11.5. The molecule has 0 atom stereocenters. The second kappa shape index (κ2) is 5.77. The molecule has 0 aliphatic rings. The minimum absolute atomic E-state index is 0.119. The Bertz CT molecular complexity index is 677. The van der Waals surface area contributed by atoms with E-state index in [2.05, 4.69) is 25.6 Å². The van der Waals surface area contributed by atoms with Gasteiger partial charge in [0.15, 0.2) is 0 Å². The molecule has 0 bridgehead atoms. The Balaban J connectivity index is 2.21. The van der Waals surface area contributed by atoms with Gasteiger partial charge in [0.2, 0.25) is 10.0 Å². The van der Waals surface area contributed by atoms with E-state index in [1.807, 2.05) is 0 Å². The SMILES string of the molecule is O=S(=O)(NCc1ccncc1)c1cc(F)ccc1Br. The van der Waals surface area contributed by atoms with Crippen LogP contribution in [0.2, 0.25) is 0 Å². The Morgan fingerprint density at radius 2 is 1.89 bits per heavy atom. The third-order valence-electron chi connectivity index (χ3n) is 2.40. The van der Waals surface area contributed by atoms with E-state index in [4.69, 9.17) is 0 Å². The van der Waals surface area contributed by atoms with Crippen LogP contribution in [-0.4, -0.2) is 13.4 Å². The van der Waals surface area contributed by atoms with Crippen molar-refractivity contribution in [2.75, 3.05) is 0 Å². The van der Waals surface area contributed by atoms with Crippen molar-refractivity contribution in [3.8, 4) is 0 Å². The molecule has 1 heterocycles. The van der Waals surface area contributed by atoms with Crippen LogP contribution in [0.25, 0.3) is 0 Å². The van der Waals surface area contributed by atoms with Crippen LogP contribution < -0.4 is 4.72 Å². The van der Waals surface area contributed by atoms with Gasteiger partial charge in [-0.25, -0.2) is 17.5 Å². The molecule has 1 aromatic carbocycles. The molecule has 7 heteroatoms. The number of hydrogen-bond donors (Lipinski definition) is 1. The van der Waals surface area contributed by atoms with Gasteiger partial charge in [-0.1, -0.05) is 0 Å². The minimum atomic E-state index is -3.77. The highest BCUT2D eigenvalue weighted by atomic mass is 79.9. The Morgan fingerprint density at radius 1 is 1.21 bits per heavy atom. The molecule has 0 fully saturated rings. The Hall–Kier alpha value is -1.31. The summed E-state index contributed by atoms with van der Waals surface area (Å²) in [5, 5.41) is 0. The predicted molar refractivity (Wildman–Crippen MR) is 72.4 cm³/mol. The second-order valence-corrected chi connectivity index (χ2v) is 6.34. The fraction of sp³-hybridized carbons (Fsp3) is 0.0833. The third kappa shape index (κ3) is 3.59. The maximum Gasteiger partial charge on any atom is 0.242 e. The molecule has 100 valence electrons. The van der Waals surface area contributed by atoms with Gasteiger partial charge in [-0.3, -0.25) is 4.98 Å². The zero-order valence-corrected chi connectivity index (χ0v) is 12.1. The van der Waals surface area contributed by atoms with Gasteiger partial charge in [0.05, 0.1) is 4.90 Å². The van der Waals surface area contributed by atoms with Crippen molar-refractivity contribution in [1.82, 2.24) is 9.71 Å². The molecule has 0 unspecified atom stereocenters. The first kappa shape index (κ1) is 14.1. The van der Waals surface area contributed by atoms with Crippen LogP contribution in [-0.2, 0) is 16.6 Å². The number of aromatic nitrogens is 1. The summed E-state index contributed by atoms with van der Waals surface area (Å²) >= 11 is 3.10. The van der Waals surface area contributed by atoms with E-state index in [-0.39, 0.29) is 11.4 Å². The van der Waals surface area contributed by atoms with Crippen molar-refractivity contribution in [3.05, 3.63) is 58.6 Å². The summed E-state index contributed by atoms with van der Waals surface area (Å²) in [5.41, 5.74) is 0.770. The first-order chi connectivity index (χ1) is 8.99. The topological polar surface area (TPSA) is 59.1 Å². The van der Waals surface area contributed by atoms with Crippen molar-refractivity contribution in [2.45, 2.75) is 11.4 Å². The van der Waals surface area contributed by atoms with Crippen LogP contribution in [0.4, 0.5) is 4.39 Å². The summed E-state index contributed by atoms with van der Waals surface area (Å²) in [5.74, 6) is -0.604. The summed E-state index contributed by atoms with van der Waals surface area (Å²) in [7, 11) is -3.77. The van der Waals surface area contributed by atoms with Crippen molar-refractivity contribution >= 4 is 26.0 Å². The monoisotopic (exact) mass is 344 g/mol. The van der Waals surface area contributed by atoms with Crippen molar-refractivity contribution in [2.24, 2.45) is 0 Å². The van der Waals surface area contributed by atoms with Crippen LogP contribution in [0.1, 0.15) is 5.56 Å².